The zero-order chi connectivity index (χ0) is 28.0. The molecule has 0 radical (unpaired) electrons. The van der Waals surface area contributed by atoms with E-state index in [2.05, 4.69) is 31.4 Å². The highest BCUT2D eigenvalue weighted by Gasteiger charge is 2.23. The summed E-state index contributed by atoms with van der Waals surface area (Å²) in [4.78, 5) is 12.6. The number of rotatable bonds is 6. The van der Waals surface area contributed by atoms with Crippen molar-refractivity contribution < 1.29 is 28.8 Å². The molecule has 0 spiro atoms. The van der Waals surface area contributed by atoms with Crippen LogP contribution in [0.5, 0.6) is 0 Å². The summed E-state index contributed by atoms with van der Waals surface area (Å²) >= 11 is 0. The molecule has 0 aromatic heterocycles. The minimum atomic E-state index is -1.02. The second-order valence-electron chi connectivity index (χ2n) is 10.4. The highest BCUT2D eigenvalue weighted by atomic mass is 16.7. The summed E-state index contributed by atoms with van der Waals surface area (Å²) in [6.45, 7) is 8.68. The number of ether oxygens (including phenoxy) is 4. The predicted octanol–water partition coefficient (Wildman–Crippen LogP) is 5.70. The first-order chi connectivity index (χ1) is 18.8. The summed E-state index contributed by atoms with van der Waals surface area (Å²) in [6, 6.07) is 7.94. The number of hydrogen-bond acceptors (Lipinski definition) is 6. The summed E-state index contributed by atoms with van der Waals surface area (Å²) in [6.07, 6.45) is 13.2. The van der Waals surface area contributed by atoms with Crippen molar-refractivity contribution in [3.05, 3.63) is 77.9 Å². The van der Waals surface area contributed by atoms with Crippen molar-refractivity contribution in [2.24, 2.45) is 5.92 Å². The van der Waals surface area contributed by atoms with Crippen LogP contribution in [0.2, 0.25) is 0 Å². The molecule has 6 atom stereocenters. The van der Waals surface area contributed by atoms with E-state index in [1.807, 2.05) is 55.5 Å². The number of aliphatic hydroxyl groups is 1. The lowest BCUT2D eigenvalue weighted by Crippen LogP contribution is -2.29. The van der Waals surface area contributed by atoms with Crippen molar-refractivity contribution in [2.75, 3.05) is 13.9 Å². The van der Waals surface area contributed by atoms with Crippen LogP contribution in [-0.4, -0.2) is 55.5 Å². The van der Waals surface area contributed by atoms with Gasteiger partial charge in [0.2, 0.25) is 0 Å². The molecule has 6 nitrogen and oxygen atoms in total. The molecule has 2 aliphatic heterocycles. The summed E-state index contributed by atoms with van der Waals surface area (Å²) in [7, 11) is 1.58. The normalized spacial score (nSPS) is 28.6. The Morgan fingerprint density at radius 1 is 1.23 bits per heavy atom. The average molecular weight is 535 g/mol. The molecule has 3 rings (SSSR count). The van der Waals surface area contributed by atoms with Gasteiger partial charge in [-0.15, -0.1) is 0 Å². The van der Waals surface area contributed by atoms with E-state index in [0.29, 0.717) is 25.2 Å². The van der Waals surface area contributed by atoms with Crippen molar-refractivity contribution >= 4 is 12.0 Å². The minimum Gasteiger partial charge on any atom is -0.449 e. The maximum atomic E-state index is 12.6. The molecular weight excluding hydrogens is 492 g/mol. The first-order valence-corrected chi connectivity index (χ1v) is 13.7. The molecule has 210 valence electrons. The molecule has 2 aliphatic rings. The third-order valence-electron chi connectivity index (χ3n) is 6.69. The standard InChI is InChI=1S/C33H42O6/c1-24-9-5-10-27(20-24)17-18-31(34)32-15-7-13-29(37-23-36-4)21-25(2)19-26(3)22-30-14-6-11-28(38-30)12-8-16-33(35)39-32/h5-7,9-11,13,17-18,20,26,28-32,34H,2,12,14-15,19,21-23H2,1,3-4H3/b13-7+,18-17+/t26-,28-,29+,30-,31-,32?/m0/s1. The van der Waals surface area contributed by atoms with Gasteiger partial charge in [-0.1, -0.05) is 91.3 Å². The van der Waals surface area contributed by atoms with E-state index in [0.717, 1.165) is 36.0 Å². The fraction of sp³-hybridized carbons (Fsp3) is 0.485. The van der Waals surface area contributed by atoms with Gasteiger partial charge in [-0.2, -0.15) is 0 Å². The number of cyclic esters (lactones) is 1. The van der Waals surface area contributed by atoms with Gasteiger partial charge in [0.1, 0.15) is 19.0 Å². The summed E-state index contributed by atoms with van der Waals surface area (Å²) in [5.74, 6) is 5.20. The highest BCUT2D eigenvalue weighted by Crippen LogP contribution is 2.26. The predicted molar refractivity (Wildman–Crippen MR) is 154 cm³/mol. The van der Waals surface area contributed by atoms with Crippen LogP contribution in [0, 0.1) is 24.7 Å². The van der Waals surface area contributed by atoms with E-state index < -0.39 is 18.2 Å². The Hall–Kier alpha value is -2.95. The van der Waals surface area contributed by atoms with Crippen molar-refractivity contribution in [3.8, 4) is 11.8 Å². The Morgan fingerprint density at radius 3 is 2.85 bits per heavy atom. The van der Waals surface area contributed by atoms with Gasteiger partial charge in [0.15, 0.2) is 0 Å². The summed E-state index contributed by atoms with van der Waals surface area (Å²) in [5, 5.41) is 10.9. The SMILES string of the molecule is C=C1C[C@H](C)C[C@@H]2CC=C[C@@H](CC#CC(=O)OC([C@@H](O)/C=C/c3cccc(C)c3)C/C=C/[C@@H](OCOC)C1)O2. The van der Waals surface area contributed by atoms with E-state index in [9.17, 15) is 9.90 Å². The Balaban J connectivity index is 1.80. The van der Waals surface area contributed by atoms with Crippen LogP contribution >= 0.6 is 0 Å². The molecular formula is C33H42O6. The molecule has 2 bridgehead atoms. The van der Waals surface area contributed by atoms with Crippen LogP contribution < -0.4 is 0 Å². The lowest BCUT2D eigenvalue weighted by molar-refractivity contribution is -0.145. The van der Waals surface area contributed by atoms with E-state index in [4.69, 9.17) is 18.9 Å². The van der Waals surface area contributed by atoms with Crippen molar-refractivity contribution in [1.29, 1.82) is 0 Å². The van der Waals surface area contributed by atoms with Gasteiger partial charge in [-0.25, -0.2) is 4.79 Å². The Kier molecular flexibility index (Phi) is 12.7. The molecule has 6 heteroatoms. The van der Waals surface area contributed by atoms with Gasteiger partial charge in [-0.3, -0.25) is 0 Å². The Morgan fingerprint density at radius 2 is 2.05 bits per heavy atom. The van der Waals surface area contributed by atoms with Gasteiger partial charge in [-0.05, 0) is 44.1 Å². The van der Waals surface area contributed by atoms with E-state index in [1.54, 1.807) is 13.2 Å². The smallest absolute Gasteiger partial charge is 0.384 e. The van der Waals surface area contributed by atoms with Gasteiger partial charge < -0.3 is 24.1 Å². The molecule has 1 N–H and O–H groups in total. The Bertz CT molecular complexity index is 1090. The zero-order valence-electron chi connectivity index (χ0n) is 23.4. The summed E-state index contributed by atoms with van der Waals surface area (Å²) in [5.41, 5.74) is 3.16. The van der Waals surface area contributed by atoms with E-state index in [-0.39, 0.29) is 25.1 Å². The number of hydrogen-bond donors (Lipinski definition) is 1. The van der Waals surface area contributed by atoms with Crippen LogP contribution in [0.25, 0.3) is 6.08 Å². The van der Waals surface area contributed by atoms with E-state index >= 15 is 0 Å². The maximum Gasteiger partial charge on any atom is 0.384 e. The van der Waals surface area contributed by atoms with Crippen LogP contribution in [0.3, 0.4) is 0 Å². The van der Waals surface area contributed by atoms with Gasteiger partial charge in [0, 0.05) is 25.9 Å². The molecule has 0 saturated heterocycles. The molecule has 1 unspecified atom stereocenters. The maximum absolute atomic E-state index is 12.6. The zero-order valence-corrected chi connectivity index (χ0v) is 23.4. The molecule has 39 heavy (non-hydrogen) atoms. The molecule has 2 heterocycles. The van der Waals surface area contributed by atoms with Crippen LogP contribution in [-0.2, 0) is 23.7 Å². The minimum absolute atomic E-state index is 0.107. The fourth-order valence-electron chi connectivity index (χ4n) is 4.85. The van der Waals surface area contributed by atoms with Crippen LogP contribution in [0.4, 0.5) is 0 Å². The van der Waals surface area contributed by atoms with Gasteiger partial charge in [0.25, 0.3) is 0 Å². The first-order valence-electron chi connectivity index (χ1n) is 13.7. The molecule has 0 aliphatic carbocycles. The Labute approximate surface area is 233 Å². The number of benzene rings is 1. The lowest BCUT2D eigenvalue weighted by Gasteiger charge is -2.28. The number of aryl methyl sites for hydroxylation is 1. The van der Waals surface area contributed by atoms with Crippen molar-refractivity contribution in [3.63, 3.8) is 0 Å². The number of carbonyl (C=O) groups excluding carboxylic acids is 1. The van der Waals surface area contributed by atoms with Crippen LogP contribution in [0.15, 0.2) is 66.8 Å². The second-order valence-corrected chi connectivity index (χ2v) is 10.4. The number of carbonyl (C=O) groups is 1. The third-order valence-corrected chi connectivity index (χ3v) is 6.69. The third kappa shape index (κ3) is 11.4. The highest BCUT2D eigenvalue weighted by molar-refractivity contribution is 5.88. The van der Waals surface area contributed by atoms with Gasteiger partial charge >= 0.3 is 5.97 Å². The number of methoxy groups -OCH3 is 1. The quantitative estimate of drug-likeness (QED) is 0.166. The lowest BCUT2D eigenvalue weighted by atomic mass is 9.91. The van der Waals surface area contributed by atoms with Gasteiger partial charge in [0.05, 0.1) is 18.3 Å². The topological polar surface area (TPSA) is 74.2 Å². The van der Waals surface area contributed by atoms with Crippen LogP contribution in [0.1, 0.15) is 56.6 Å². The molecule has 0 amide bonds. The molecule has 1 aromatic rings. The van der Waals surface area contributed by atoms with Crippen molar-refractivity contribution in [2.45, 2.75) is 82.9 Å². The number of esters is 1. The second kappa shape index (κ2) is 16.2. The number of aliphatic hydroxyl groups excluding tert-OH is 1. The monoisotopic (exact) mass is 534 g/mol. The fourth-order valence-corrected chi connectivity index (χ4v) is 4.85. The largest absolute Gasteiger partial charge is 0.449 e. The molecule has 0 fully saturated rings. The van der Waals surface area contributed by atoms with Crippen molar-refractivity contribution in [1.82, 2.24) is 0 Å². The summed E-state index contributed by atoms with van der Waals surface area (Å²) < 4.78 is 22.8. The number of fused-ring (bicyclic) bond motifs is 2. The van der Waals surface area contributed by atoms with E-state index in [1.165, 1.54) is 0 Å². The molecule has 1 aromatic carbocycles. The molecule has 0 saturated carbocycles. The first kappa shape index (κ1) is 30.6. The average Bonchev–Trinajstić information content (AvgIpc) is 2.89.